The van der Waals surface area contributed by atoms with Gasteiger partial charge in [-0.3, -0.25) is 0 Å². The van der Waals surface area contributed by atoms with Crippen molar-refractivity contribution < 1.29 is 19.4 Å². The lowest BCUT2D eigenvalue weighted by Crippen LogP contribution is -2.33. The standard InChI is InChI=1S/C10H11O4/c1-10(2,14-9(11)12)13-8-6-4-3-5-7-8/h3-7H,1-2H3. The van der Waals surface area contributed by atoms with Crippen molar-refractivity contribution in [3.05, 3.63) is 30.3 Å². The van der Waals surface area contributed by atoms with E-state index in [1.165, 1.54) is 13.8 Å². The summed E-state index contributed by atoms with van der Waals surface area (Å²) in [5.74, 6) is -0.695. The molecule has 1 aromatic carbocycles. The molecule has 0 aliphatic heterocycles. The Morgan fingerprint density at radius 3 is 2.29 bits per heavy atom. The molecule has 0 atom stereocenters. The molecule has 0 heterocycles. The molecule has 0 fully saturated rings. The molecule has 4 nitrogen and oxygen atoms in total. The molecular weight excluding hydrogens is 184 g/mol. The van der Waals surface area contributed by atoms with Crippen LogP contribution in [0.1, 0.15) is 13.8 Å². The van der Waals surface area contributed by atoms with Gasteiger partial charge in [0.05, 0.1) is 0 Å². The number of hydrogen-bond donors (Lipinski definition) is 0. The van der Waals surface area contributed by atoms with E-state index in [9.17, 15) is 9.90 Å². The molecule has 0 aromatic heterocycles. The van der Waals surface area contributed by atoms with Crippen LogP contribution in [0.3, 0.4) is 0 Å². The van der Waals surface area contributed by atoms with Gasteiger partial charge in [0.25, 0.3) is 5.79 Å². The van der Waals surface area contributed by atoms with E-state index in [1.807, 2.05) is 6.07 Å². The number of rotatable bonds is 3. The van der Waals surface area contributed by atoms with Gasteiger partial charge in [0.15, 0.2) is 0 Å². The van der Waals surface area contributed by atoms with Gasteiger partial charge < -0.3 is 9.47 Å². The van der Waals surface area contributed by atoms with Gasteiger partial charge in [-0.05, 0) is 12.1 Å². The van der Waals surface area contributed by atoms with Crippen LogP contribution in [0.4, 0.5) is 4.79 Å². The van der Waals surface area contributed by atoms with E-state index >= 15 is 0 Å². The first-order valence-corrected chi connectivity index (χ1v) is 4.14. The third-order valence-electron chi connectivity index (χ3n) is 1.44. The molecule has 0 N–H and O–H groups in total. The largest absolute Gasteiger partial charge is 0.553 e. The summed E-state index contributed by atoms with van der Waals surface area (Å²) in [5, 5.41) is 10.2. The first-order valence-electron chi connectivity index (χ1n) is 4.14. The Morgan fingerprint density at radius 2 is 1.79 bits per heavy atom. The number of ether oxygens (including phenoxy) is 2. The molecule has 0 saturated heterocycles. The van der Waals surface area contributed by atoms with Crippen molar-refractivity contribution in [1.29, 1.82) is 0 Å². The van der Waals surface area contributed by atoms with Gasteiger partial charge in [0.2, 0.25) is 0 Å². The highest BCUT2D eigenvalue weighted by atomic mass is 16.8. The Labute approximate surface area is 82.1 Å². The minimum Gasteiger partial charge on any atom is -0.453 e. The number of benzene rings is 1. The predicted molar refractivity (Wildman–Crippen MR) is 48.3 cm³/mol. The first-order chi connectivity index (χ1) is 6.49. The molecule has 14 heavy (non-hydrogen) atoms. The highest BCUT2D eigenvalue weighted by molar-refractivity contribution is 5.56. The molecule has 1 rings (SSSR count). The topological polar surface area (TPSA) is 55.4 Å². The number of para-hydroxylation sites is 1. The molecule has 0 bridgehead atoms. The van der Waals surface area contributed by atoms with Gasteiger partial charge in [-0.1, -0.05) is 18.2 Å². The second kappa shape index (κ2) is 4.00. The van der Waals surface area contributed by atoms with Gasteiger partial charge in [0, 0.05) is 13.8 Å². The van der Waals surface area contributed by atoms with Crippen LogP contribution in [-0.4, -0.2) is 11.9 Å². The minimum atomic E-state index is -1.61. The summed E-state index contributed by atoms with van der Waals surface area (Å²) < 4.78 is 9.69. The van der Waals surface area contributed by atoms with E-state index in [4.69, 9.17) is 4.74 Å². The van der Waals surface area contributed by atoms with Crippen molar-refractivity contribution in [2.75, 3.05) is 0 Å². The summed E-state index contributed by atoms with van der Waals surface area (Å²) in [6.45, 7) is 2.99. The maximum absolute atomic E-state index is 10.2. The van der Waals surface area contributed by atoms with Gasteiger partial charge in [-0.15, -0.1) is 0 Å². The molecule has 0 spiro atoms. The van der Waals surface area contributed by atoms with Gasteiger partial charge in [-0.2, -0.15) is 9.90 Å². The smallest absolute Gasteiger partial charge is 0.453 e. The summed E-state index contributed by atoms with van der Waals surface area (Å²) in [5.41, 5.74) is 0. The van der Waals surface area contributed by atoms with Crippen LogP contribution >= 0.6 is 0 Å². The SMILES string of the molecule is CC(C)(OC([O])=O)Oc1ccccc1. The monoisotopic (exact) mass is 195 g/mol. The van der Waals surface area contributed by atoms with E-state index in [0.717, 1.165) is 0 Å². The zero-order valence-corrected chi connectivity index (χ0v) is 8.02. The average molecular weight is 195 g/mol. The molecule has 0 unspecified atom stereocenters. The fourth-order valence-electron chi connectivity index (χ4n) is 0.994. The molecule has 1 radical (unpaired) electrons. The van der Waals surface area contributed by atoms with E-state index in [1.54, 1.807) is 24.3 Å². The van der Waals surface area contributed by atoms with Gasteiger partial charge >= 0.3 is 6.16 Å². The van der Waals surface area contributed by atoms with Crippen LogP contribution in [0.5, 0.6) is 5.75 Å². The van der Waals surface area contributed by atoms with E-state index in [-0.39, 0.29) is 0 Å². The molecule has 0 saturated carbocycles. The first kappa shape index (κ1) is 10.4. The van der Waals surface area contributed by atoms with Crippen LogP contribution in [0, 0.1) is 0 Å². The zero-order valence-electron chi connectivity index (χ0n) is 8.02. The van der Waals surface area contributed by atoms with Gasteiger partial charge in [-0.25, -0.2) is 0 Å². The summed E-state index contributed by atoms with van der Waals surface area (Å²) in [4.78, 5) is 10.2. The molecular formula is C10H11O4. The second-order valence-electron chi connectivity index (χ2n) is 3.17. The van der Waals surface area contributed by atoms with Crippen molar-refractivity contribution in [2.24, 2.45) is 0 Å². The van der Waals surface area contributed by atoms with Crippen molar-refractivity contribution in [2.45, 2.75) is 19.6 Å². The molecule has 75 valence electrons. The third kappa shape index (κ3) is 3.35. The van der Waals surface area contributed by atoms with Crippen molar-refractivity contribution in [1.82, 2.24) is 0 Å². The summed E-state index contributed by atoms with van der Waals surface area (Å²) in [7, 11) is 0. The highest BCUT2D eigenvalue weighted by Crippen LogP contribution is 2.18. The molecule has 4 heteroatoms. The van der Waals surface area contributed by atoms with E-state index in [0.29, 0.717) is 5.75 Å². The Morgan fingerprint density at radius 1 is 1.21 bits per heavy atom. The van der Waals surface area contributed by atoms with Crippen molar-refractivity contribution in [3.63, 3.8) is 0 Å². The van der Waals surface area contributed by atoms with E-state index < -0.39 is 11.9 Å². The van der Waals surface area contributed by atoms with Gasteiger partial charge in [0.1, 0.15) is 5.75 Å². The highest BCUT2D eigenvalue weighted by Gasteiger charge is 2.25. The molecule has 0 amide bonds. The lowest BCUT2D eigenvalue weighted by molar-refractivity contribution is -0.130. The van der Waals surface area contributed by atoms with Crippen LogP contribution < -0.4 is 4.74 Å². The van der Waals surface area contributed by atoms with Crippen molar-refractivity contribution >= 4 is 6.16 Å². The molecule has 0 aliphatic carbocycles. The van der Waals surface area contributed by atoms with Crippen LogP contribution in [0.2, 0.25) is 0 Å². The maximum Gasteiger partial charge on any atom is 0.553 e. The maximum atomic E-state index is 10.2. The summed E-state index contributed by atoms with van der Waals surface area (Å²) in [6, 6.07) is 8.81. The minimum absolute atomic E-state index is 0.541. The third-order valence-corrected chi connectivity index (χ3v) is 1.44. The lowest BCUT2D eigenvalue weighted by Gasteiger charge is -2.23. The number of hydrogen-bond acceptors (Lipinski definition) is 3. The quantitative estimate of drug-likeness (QED) is 0.549. The van der Waals surface area contributed by atoms with Crippen LogP contribution in [0.25, 0.3) is 0 Å². The van der Waals surface area contributed by atoms with Crippen LogP contribution in [0.15, 0.2) is 30.3 Å². The Bertz CT molecular complexity index is 305. The Kier molecular flexibility index (Phi) is 2.96. The van der Waals surface area contributed by atoms with Crippen LogP contribution in [-0.2, 0) is 9.84 Å². The molecule has 1 aromatic rings. The second-order valence-corrected chi connectivity index (χ2v) is 3.17. The Hall–Kier alpha value is -1.71. The fraction of sp³-hybridized carbons (Fsp3) is 0.300. The van der Waals surface area contributed by atoms with E-state index in [2.05, 4.69) is 4.74 Å². The van der Waals surface area contributed by atoms with Crippen molar-refractivity contribution in [3.8, 4) is 5.75 Å². The average Bonchev–Trinajstić information content (AvgIpc) is 2.02. The summed E-state index contributed by atoms with van der Waals surface area (Å²) in [6.07, 6.45) is -1.61. The number of carbonyl (C=O) groups excluding carboxylic acids is 1. The fourth-order valence-corrected chi connectivity index (χ4v) is 0.994. The lowest BCUT2D eigenvalue weighted by atomic mass is 10.3. The Balaban J connectivity index is 2.63. The number of carbonyl (C=O) groups is 1. The zero-order chi connectivity index (χ0) is 10.6. The predicted octanol–water partition coefficient (Wildman–Crippen LogP) is 2.37. The summed E-state index contributed by atoms with van der Waals surface area (Å²) >= 11 is 0. The molecule has 0 aliphatic rings. The normalized spacial score (nSPS) is 10.7.